The lowest BCUT2D eigenvalue weighted by Crippen LogP contribution is -2.27. The van der Waals surface area contributed by atoms with E-state index in [4.69, 9.17) is 0 Å². The van der Waals surface area contributed by atoms with Gasteiger partial charge in [-0.05, 0) is 68.2 Å². The Morgan fingerprint density at radius 3 is 3.00 bits per heavy atom. The first-order valence-electron chi connectivity index (χ1n) is 10.3. The Balaban J connectivity index is 1.49. The summed E-state index contributed by atoms with van der Waals surface area (Å²) in [6.07, 6.45) is 8.07. The molecule has 7 heteroatoms. The number of benzene rings is 1. The Labute approximate surface area is 184 Å². The molecule has 4 rings (SSSR count). The Morgan fingerprint density at radius 1 is 1.30 bits per heavy atom. The van der Waals surface area contributed by atoms with E-state index in [0.29, 0.717) is 21.9 Å². The molecule has 0 bridgehead atoms. The number of thioether (sulfide) groups is 1. The van der Waals surface area contributed by atoms with Crippen molar-refractivity contribution in [2.45, 2.75) is 44.2 Å². The first-order chi connectivity index (χ1) is 14.6. The third-order valence-electron chi connectivity index (χ3n) is 5.19. The van der Waals surface area contributed by atoms with Gasteiger partial charge in [-0.1, -0.05) is 35.5 Å². The number of thiophene rings is 1. The fourth-order valence-electron chi connectivity index (χ4n) is 3.66. The highest BCUT2D eigenvalue weighted by molar-refractivity contribution is 7.99. The Bertz CT molecular complexity index is 1150. The second kappa shape index (κ2) is 9.62. The van der Waals surface area contributed by atoms with Crippen molar-refractivity contribution in [1.82, 2.24) is 14.9 Å². The normalized spacial score (nSPS) is 14.0. The summed E-state index contributed by atoms with van der Waals surface area (Å²) in [5.74, 6) is 0.194. The first-order valence-corrected chi connectivity index (χ1v) is 12.1. The monoisotopic (exact) mass is 439 g/mol. The van der Waals surface area contributed by atoms with E-state index in [9.17, 15) is 9.59 Å². The number of rotatable bonds is 7. The minimum absolute atomic E-state index is 0.0353. The zero-order valence-electron chi connectivity index (χ0n) is 17.0. The average molecular weight is 440 g/mol. The van der Waals surface area contributed by atoms with Gasteiger partial charge in [-0.25, -0.2) is 4.98 Å². The number of allylic oxidation sites excluding steroid dienone is 1. The third-order valence-corrected chi connectivity index (χ3v) is 7.02. The van der Waals surface area contributed by atoms with Crippen molar-refractivity contribution in [1.29, 1.82) is 0 Å². The van der Waals surface area contributed by atoms with Crippen LogP contribution in [-0.2, 0) is 4.79 Å². The second-order valence-corrected chi connectivity index (χ2v) is 9.36. The van der Waals surface area contributed by atoms with E-state index in [0.717, 1.165) is 30.5 Å². The maximum Gasteiger partial charge on any atom is 0.276 e. The summed E-state index contributed by atoms with van der Waals surface area (Å²) in [4.78, 5) is 30.2. The van der Waals surface area contributed by atoms with Gasteiger partial charge in [0.15, 0.2) is 5.16 Å². The minimum atomic E-state index is -0.0901. The summed E-state index contributed by atoms with van der Waals surface area (Å²) < 4.78 is 2.25. The number of aryl methyl sites for hydroxylation is 1. The minimum Gasteiger partial charge on any atom is -0.355 e. The summed E-state index contributed by atoms with van der Waals surface area (Å²) in [5.41, 5.74) is 3.88. The van der Waals surface area contributed by atoms with E-state index in [1.807, 2.05) is 42.6 Å². The molecule has 156 valence electrons. The average Bonchev–Trinajstić information content (AvgIpc) is 3.22. The molecule has 1 amide bonds. The molecule has 1 aromatic carbocycles. The highest BCUT2D eigenvalue weighted by atomic mass is 32.2. The van der Waals surface area contributed by atoms with Crippen molar-refractivity contribution in [2.24, 2.45) is 0 Å². The molecule has 2 aromatic heterocycles. The van der Waals surface area contributed by atoms with Crippen LogP contribution in [0.15, 0.2) is 57.3 Å². The van der Waals surface area contributed by atoms with Crippen LogP contribution < -0.4 is 10.9 Å². The molecule has 5 nitrogen and oxygen atoms in total. The molecular formula is C23H25N3O2S2. The standard InChI is InChI=1S/C23H25N3O2S2/c1-16-6-5-9-18(14-16)26-22(28)21-19(11-13-29-21)25-23(26)30-15-20(27)24-12-10-17-7-3-2-4-8-17/h5-7,9,11,13-14H,2-4,8,10,12,15H2,1H3,(H,24,27). The Hall–Kier alpha value is -2.38. The van der Waals surface area contributed by atoms with E-state index in [1.54, 1.807) is 4.57 Å². The summed E-state index contributed by atoms with van der Waals surface area (Å²) in [5, 5.41) is 5.42. The number of nitrogens with one attached hydrogen (secondary N) is 1. The number of carbonyl (C=O) groups excluding carboxylic acids is 1. The lowest BCUT2D eigenvalue weighted by Gasteiger charge is -2.14. The van der Waals surface area contributed by atoms with Gasteiger partial charge in [-0.3, -0.25) is 14.2 Å². The van der Waals surface area contributed by atoms with Crippen LogP contribution in [0, 0.1) is 6.92 Å². The molecule has 1 aliphatic rings. The van der Waals surface area contributed by atoms with Gasteiger partial charge in [-0.2, -0.15) is 0 Å². The van der Waals surface area contributed by atoms with Crippen molar-refractivity contribution in [3.63, 3.8) is 0 Å². The van der Waals surface area contributed by atoms with Crippen LogP contribution >= 0.6 is 23.1 Å². The van der Waals surface area contributed by atoms with E-state index in [1.165, 1.54) is 41.5 Å². The van der Waals surface area contributed by atoms with Crippen molar-refractivity contribution in [3.05, 3.63) is 63.3 Å². The van der Waals surface area contributed by atoms with Crippen LogP contribution in [0.3, 0.4) is 0 Å². The first kappa shape index (κ1) is 20.9. The van der Waals surface area contributed by atoms with Crippen molar-refractivity contribution in [2.75, 3.05) is 12.3 Å². The molecule has 0 atom stereocenters. The van der Waals surface area contributed by atoms with Crippen LogP contribution in [0.4, 0.5) is 0 Å². The maximum absolute atomic E-state index is 13.1. The largest absolute Gasteiger partial charge is 0.355 e. The molecule has 30 heavy (non-hydrogen) atoms. The number of aromatic nitrogens is 2. The molecule has 3 aromatic rings. The highest BCUT2D eigenvalue weighted by Crippen LogP contribution is 2.24. The molecule has 0 spiro atoms. The number of nitrogens with zero attached hydrogens (tertiary/aromatic N) is 2. The molecule has 1 aliphatic carbocycles. The predicted molar refractivity (Wildman–Crippen MR) is 125 cm³/mol. The maximum atomic E-state index is 13.1. The Morgan fingerprint density at radius 2 is 2.20 bits per heavy atom. The topological polar surface area (TPSA) is 64.0 Å². The fraction of sp³-hybridized carbons (Fsp3) is 0.348. The van der Waals surface area contributed by atoms with Gasteiger partial charge >= 0.3 is 0 Å². The second-order valence-electron chi connectivity index (χ2n) is 7.51. The SMILES string of the molecule is Cc1cccc(-n2c(SCC(=O)NCCC3=CCCCC3)nc3ccsc3c2=O)c1. The third kappa shape index (κ3) is 4.84. The van der Waals surface area contributed by atoms with E-state index < -0.39 is 0 Å². The zero-order chi connectivity index (χ0) is 20.9. The zero-order valence-corrected chi connectivity index (χ0v) is 18.7. The molecule has 1 N–H and O–H groups in total. The van der Waals surface area contributed by atoms with Gasteiger partial charge < -0.3 is 5.32 Å². The molecule has 0 saturated carbocycles. The lowest BCUT2D eigenvalue weighted by molar-refractivity contribution is -0.118. The highest BCUT2D eigenvalue weighted by Gasteiger charge is 2.16. The number of hydrogen-bond donors (Lipinski definition) is 1. The van der Waals surface area contributed by atoms with Gasteiger partial charge in [0.05, 0.1) is 17.0 Å². The number of carbonyl (C=O) groups is 1. The van der Waals surface area contributed by atoms with E-state index in [2.05, 4.69) is 16.4 Å². The van der Waals surface area contributed by atoms with Gasteiger partial charge in [0.25, 0.3) is 5.56 Å². The summed E-state index contributed by atoms with van der Waals surface area (Å²) in [6.45, 7) is 2.65. The predicted octanol–water partition coefficient (Wildman–Crippen LogP) is 4.85. The van der Waals surface area contributed by atoms with Gasteiger partial charge in [0, 0.05) is 6.54 Å². The molecule has 0 fully saturated rings. The molecule has 0 radical (unpaired) electrons. The van der Waals surface area contributed by atoms with Crippen LogP contribution in [0.1, 0.15) is 37.7 Å². The van der Waals surface area contributed by atoms with E-state index in [-0.39, 0.29) is 17.2 Å². The fourth-order valence-corrected chi connectivity index (χ4v) is 5.26. The number of hydrogen-bond acceptors (Lipinski definition) is 5. The van der Waals surface area contributed by atoms with Crippen LogP contribution in [0.5, 0.6) is 0 Å². The molecule has 2 heterocycles. The summed E-state index contributed by atoms with van der Waals surface area (Å²) >= 11 is 2.70. The van der Waals surface area contributed by atoms with Crippen LogP contribution in [-0.4, -0.2) is 27.8 Å². The molecule has 0 unspecified atom stereocenters. The quantitative estimate of drug-likeness (QED) is 0.325. The Kier molecular flexibility index (Phi) is 6.69. The lowest BCUT2D eigenvalue weighted by atomic mass is 9.97. The van der Waals surface area contributed by atoms with Gasteiger partial charge in [0.1, 0.15) is 4.70 Å². The van der Waals surface area contributed by atoms with E-state index >= 15 is 0 Å². The van der Waals surface area contributed by atoms with Crippen LogP contribution in [0.2, 0.25) is 0 Å². The van der Waals surface area contributed by atoms with Crippen molar-refractivity contribution in [3.8, 4) is 5.69 Å². The molecular weight excluding hydrogens is 414 g/mol. The number of fused-ring (bicyclic) bond motifs is 1. The van der Waals surface area contributed by atoms with Crippen LogP contribution in [0.25, 0.3) is 15.9 Å². The summed E-state index contributed by atoms with van der Waals surface area (Å²) in [6, 6.07) is 9.64. The molecule has 0 saturated heterocycles. The smallest absolute Gasteiger partial charge is 0.276 e. The summed E-state index contributed by atoms with van der Waals surface area (Å²) in [7, 11) is 0. The van der Waals surface area contributed by atoms with Crippen molar-refractivity contribution < 1.29 is 4.79 Å². The molecule has 0 aliphatic heterocycles. The van der Waals surface area contributed by atoms with Gasteiger partial charge in [-0.15, -0.1) is 11.3 Å². The number of amides is 1. The van der Waals surface area contributed by atoms with Gasteiger partial charge in [0.2, 0.25) is 5.91 Å². The van der Waals surface area contributed by atoms with Crippen molar-refractivity contribution >= 4 is 39.2 Å².